The van der Waals surface area contributed by atoms with Crippen LogP contribution in [-0.2, 0) is 11.3 Å². The third-order valence-corrected chi connectivity index (χ3v) is 6.22. The Balaban J connectivity index is 0.00000289. The quantitative estimate of drug-likeness (QED) is 0.314. The number of hydrogen-bond acceptors (Lipinski definition) is 4. The lowest BCUT2D eigenvalue weighted by Crippen LogP contribution is -2.42. The van der Waals surface area contributed by atoms with Gasteiger partial charge in [0, 0.05) is 38.9 Å². The number of halogens is 1. The number of likely N-dealkylation sites (tertiary alicyclic amines) is 1. The topological polar surface area (TPSA) is 52.1 Å². The van der Waals surface area contributed by atoms with E-state index in [-0.39, 0.29) is 24.0 Å². The monoisotopic (exact) mass is 549 g/mol. The molecule has 2 aliphatic rings. The first-order valence-electron chi connectivity index (χ1n) is 11.5. The number of nitrogens with one attached hydrogen (secondary N) is 2. The van der Waals surface area contributed by atoms with Crippen LogP contribution in [0.2, 0.25) is 0 Å². The molecule has 2 N–H and O–H groups in total. The summed E-state index contributed by atoms with van der Waals surface area (Å²) in [5, 5.41) is 7.02. The van der Waals surface area contributed by atoms with Gasteiger partial charge < -0.3 is 20.3 Å². The molecule has 4 rings (SSSR count). The number of nitrogens with zero attached hydrogens (tertiary/aromatic N) is 3. The smallest absolute Gasteiger partial charge is 0.191 e. The van der Waals surface area contributed by atoms with Gasteiger partial charge in [0.1, 0.15) is 0 Å². The fourth-order valence-corrected chi connectivity index (χ4v) is 4.43. The van der Waals surface area contributed by atoms with Gasteiger partial charge in [0.15, 0.2) is 5.96 Å². The minimum atomic E-state index is 0. The van der Waals surface area contributed by atoms with Gasteiger partial charge in [-0.25, -0.2) is 0 Å². The van der Waals surface area contributed by atoms with E-state index in [0.29, 0.717) is 6.04 Å². The van der Waals surface area contributed by atoms with Gasteiger partial charge in [0.2, 0.25) is 0 Å². The minimum absolute atomic E-state index is 0. The molecule has 2 aromatic rings. The number of rotatable bonds is 7. The molecule has 0 saturated carbocycles. The Kier molecular flexibility index (Phi) is 10.1. The second kappa shape index (κ2) is 13.0. The highest BCUT2D eigenvalue weighted by Crippen LogP contribution is 2.24. The molecule has 1 unspecified atom stereocenters. The molecule has 2 fully saturated rings. The van der Waals surface area contributed by atoms with Crippen molar-refractivity contribution in [1.82, 2.24) is 15.5 Å². The van der Waals surface area contributed by atoms with E-state index in [1.54, 1.807) is 0 Å². The van der Waals surface area contributed by atoms with Crippen molar-refractivity contribution in [3.05, 3.63) is 65.7 Å². The molecule has 0 amide bonds. The lowest BCUT2D eigenvalue weighted by Gasteiger charge is -2.29. The normalized spacial score (nSPS) is 18.2. The Morgan fingerprint density at radius 2 is 1.62 bits per heavy atom. The maximum atomic E-state index is 5.45. The van der Waals surface area contributed by atoms with Gasteiger partial charge >= 0.3 is 0 Å². The van der Waals surface area contributed by atoms with Crippen molar-refractivity contribution < 1.29 is 4.74 Å². The Hall–Kier alpha value is -1.84. The van der Waals surface area contributed by atoms with Crippen molar-refractivity contribution in [1.29, 1.82) is 0 Å². The van der Waals surface area contributed by atoms with Crippen LogP contribution in [0.5, 0.6) is 0 Å². The standard InChI is InChI=1S/C25H35N5O.HI/c1-26-25(27-19-21-9-11-23(12-10-21)29-15-17-31-18-16-29)28-20-24(30-13-5-6-14-30)22-7-3-2-4-8-22;/h2-4,7-12,24H,5-6,13-20H2,1H3,(H2,26,27,28);1H. The predicted octanol–water partition coefficient (Wildman–Crippen LogP) is 3.64. The average molecular weight is 550 g/mol. The lowest BCUT2D eigenvalue weighted by molar-refractivity contribution is 0.122. The third kappa shape index (κ3) is 6.83. The van der Waals surface area contributed by atoms with Crippen molar-refractivity contribution in [2.24, 2.45) is 4.99 Å². The van der Waals surface area contributed by atoms with E-state index in [1.165, 1.54) is 42.7 Å². The first-order valence-corrected chi connectivity index (χ1v) is 11.5. The van der Waals surface area contributed by atoms with Gasteiger partial charge in [-0.05, 0) is 49.2 Å². The van der Waals surface area contributed by atoms with Gasteiger partial charge in [-0.15, -0.1) is 24.0 Å². The summed E-state index contributed by atoms with van der Waals surface area (Å²) >= 11 is 0. The molecule has 2 aromatic carbocycles. The lowest BCUT2D eigenvalue weighted by atomic mass is 10.1. The molecule has 1 atom stereocenters. The number of aliphatic imine (C=N–C) groups is 1. The number of benzene rings is 2. The molecule has 0 aromatic heterocycles. The van der Waals surface area contributed by atoms with Gasteiger partial charge in [-0.1, -0.05) is 42.5 Å². The molecule has 0 bridgehead atoms. The molecular weight excluding hydrogens is 513 g/mol. The average Bonchev–Trinajstić information content (AvgIpc) is 3.37. The first-order chi connectivity index (χ1) is 15.3. The van der Waals surface area contributed by atoms with Crippen molar-refractivity contribution in [3.8, 4) is 0 Å². The van der Waals surface area contributed by atoms with Crippen LogP contribution in [0.1, 0.15) is 30.0 Å². The van der Waals surface area contributed by atoms with Crippen molar-refractivity contribution in [3.63, 3.8) is 0 Å². The molecule has 2 aliphatic heterocycles. The summed E-state index contributed by atoms with van der Waals surface area (Å²) in [6.45, 7) is 7.49. The van der Waals surface area contributed by atoms with E-state index in [4.69, 9.17) is 4.74 Å². The van der Waals surface area contributed by atoms with Crippen molar-refractivity contribution in [2.45, 2.75) is 25.4 Å². The second-order valence-electron chi connectivity index (χ2n) is 8.24. The van der Waals surface area contributed by atoms with Gasteiger partial charge in [-0.2, -0.15) is 0 Å². The van der Waals surface area contributed by atoms with E-state index in [1.807, 2.05) is 7.05 Å². The number of morpholine rings is 1. The maximum absolute atomic E-state index is 5.45. The highest BCUT2D eigenvalue weighted by atomic mass is 127. The molecule has 6 nitrogen and oxygen atoms in total. The summed E-state index contributed by atoms with van der Waals surface area (Å²) in [5.74, 6) is 0.845. The number of anilines is 1. The molecule has 0 spiro atoms. The van der Waals surface area contributed by atoms with Crippen LogP contribution in [-0.4, -0.2) is 63.8 Å². The van der Waals surface area contributed by atoms with E-state index in [0.717, 1.165) is 45.4 Å². The molecular formula is C25H36IN5O. The largest absolute Gasteiger partial charge is 0.378 e. The van der Waals surface area contributed by atoms with Crippen LogP contribution in [0.25, 0.3) is 0 Å². The van der Waals surface area contributed by atoms with Crippen LogP contribution < -0.4 is 15.5 Å². The number of guanidine groups is 1. The van der Waals surface area contributed by atoms with Gasteiger partial charge in [0.05, 0.1) is 19.3 Å². The fourth-order valence-electron chi connectivity index (χ4n) is 4.43. The van der Waals surface area contributed by atoms with Crippen LogP contribution in [0.4, 0.5) is 5.69 Å². The second-order valence-corrected chi connectivity index (χ2v) is 8.24. The molecule has 174 valence electrons. The zero-order chi connectivity index (χ0) is 21.3. The van der Waals surface area contributed by atoms with E-state index >= 15 is 0 Å². The van der Waals surface area contributed by atoms with E-state index < -0.39 is 0 Å². The zero-order valence-electron chi connectivity index (χ0n) is 19.0. The van der Waals surface area contributed by atoms with Crippen LogP contribution in [0, 0.1) is 0 Å². The summed E-state index contributed by atoms with van der Waals surface area (Å²) in [4.78, 5) is 9.40. The Labute approximate surface area is 209 Å². The number of hydrogen-bond donors (Lipinski definition) is 2. The van der Waals surface area contributed by atoms with Gasteiger partial charge in [0.25, 0.3) is 0 Å². The van der Waals surface area contributed by atoms with Crippen LogP contribution in [0.3, 0.4) is 0 Å². The molecule has 32 heavy (non-hydrogen) atoms. The van der Waals surface area contributed by atoms with E-state index in [2.05, 4.69) is 80.0 Å². The third-order valence-electron chi connectivity index (χ3n) is 6.22. The Morgan fingerprint density at radius 3 is 2.28 bits per heavy atom. The Morgan fingerprint density at radius 1 is 0.938 bits per heavy atom. The molecule has 0 radical (unpaired) electrons. The predicted molar refractivity (Wildman–Crippen MR) is 143 cm³/mol. The molecule has 2 heterocycles. The summed E-state index contributed by atoms with van der Waals surface area (Å²) in [5.41, 5.74) is 3.89. The SMILES string of the molecule is CN=C(NCc1ccc(N2CCOCC2)cc1)NCC(c1ccccc1)N1CCCC1.I. The molecule has 2 saturated heterocycles. The summed E-state index contributed by atoms with van der Waals surface area (Å²) in [7, 11) is 1.84. The maximum Gasteiger partial charge on any atom is 0.191 e. The highest BCUT2D eigenvalue weighted by Gasteiger charge is 2.23. The fraction of sp³-hybridized carbons (Fsp3) is 0.480. The molecule has 0 aliphatic carbocycles. The first kappa shape index (κ1) is 24.8. The number of ether oxygens (including phenoxy) is 1. The molecule has 7 heteroatoms. The Bertz CT molecular complexity index is 818. The van der Waals surface area contributed by atoms with Gasteiger partial charge in [-0.3, -0.25) is 9.89 Å². The zero-order valence-corrected chi connectivity index (χ0v) is 21.3. The summed E-state index contributed by atoms with van der Waals surface area (Å²) in [6.07, 6.45) is 2.58. The van der Waals surface area contributed by atoms with Crippen LogP contribution >= 0.6 is 24.0 Å². The highest BCUT2D eigenvalue weighted by molar-refractivity contribution is 14.0. The summed E-state index contributed by atoms with van der Waals surface area (Å²) < 4.78 is 5.45. The minimum Gasteiger partial charge on any atom is -0.378 e. The van der Waals surface area contributed by atoms with Crippen molar-refractivity contribution in [2.75, 3.05) is 57.9 Å². The van der Waals surface area contributed by atoms with Crippen molar-refractivity contribution >= 4 is 35.6 Å². The van der Waals surface area contributed by atoms with E-state index in [9.17, 15) is 0 Å². The summed E-state index contributed by atoms with van der Waals surface area (Å²) in [6, 6.07) is 20.0. The van der Waals surface area contributed by atoms with Crippen LogP contribution in [0.15, 0.2) is 59.6 Å².